The number of aryl methyl sites for hydroxylation is 1. The Morgan fingerprint density at radius 1 is 1.45 bits per heavy atom. The molecule has 3 heterocycles. The van der Waals surface area contributed by atoms with Crippen molar-refractivity contribution in [1.29, 1.82) is 0 Å². The molecule has 3 rings (SSSR count). The molecule has 1 saturated heterocycles. The average molecular weight is 272 g/mol. The first-order chi connectivity index (χ1) is 9.74. The van der Waals surface area contributed by atoms with Crippen molar-refractivity contribution >= 4 is 0 Å². The van der Waals surface area contributed by atoms with E-state index < -0.39 is 0 Å². The molecule has 1 aliphatic heterocycles. The van der Waals surface area contributed by atoms with Crippen LogP contribution in [0.1, 0.15) is 29.4 Å². The lowest BCUT2D eigenvalue weighted by atomic mass is 9.97. The summed E-state index contributed by atoms with van der Waals surface area (Å²) in [6, 6.07) is 4.10. The zero-order valence-corrected chi connectivity index (χ0v) is 11.7. The lowest BCUT2D eigenvalue weighted by Crippen LogP contribution is -2.24. The minimum Gasteiger partial charge on any atom is -0.381 e. The Labute approximate surface area is 118 Å². The number of hydrogen-bond acceptors (Lipinski definition) is 4. The molecule has 0 amide bonds. The van der Waals surface area contributed by atoms with Gasteiger partial charge in [0.1, 0.15) is 0 Å². The summed E-state index contributed by atoms with van der Waals surface area (Å²) >= 11 is 0. The summed E-state index contributed by atoms with van der Waals surface area (Å²) in [7, 11) is 0. The number of nitrogens with two attached hydrogens (primary N) is 1. The van der Waals surface area contributed by atoms with Gasteiger partial charge in [-0.05, 0) is 25.0 Å². The smallest absolute Gasteiger partial charge is 0.0951 e. The molecule has 5 nitrogen and oxygen atoms in total. The number of imidazole rings is 1. The lowest BCUT2D eigenvalue weighted by Gasteiger charge is -2.19. The third-order valence-corrected chi connectivity index (χ3v) is 3.88. The van der Waals surface area contributed by atoms with E-state index in [9.17, 15) is 0 Å². The monoisotopic (exact) mass is 272 g/mol. The van der Waals surface area contributed by atoms with Crippen molar-refractivity contribution in [2.75, 3.05) is 13.2 Å². The number of pyridine rings is 1. The van der Waals surface area contributed by atoms with Crippen LogP contribution in [0.4, 0.5) is 0 Å². The van der Waals surface area contributed by atoms with Gasteiger partial charge in [0.2, 0.25) is 0 Å². The molecule has 0 aromatic carbocycles. The van der Waals surface area contributed by atoms with Crippen LogP contribution in [0.5, 0.6) is 0 Å². The number of hydrogen-bond donors (Lipinski definition) is 1. The van der Waals surface area contributed by atoms with E-state index in [0.29, 0.717) is 5.92 Å². The van der Waals surface area contributed by atoms with E-state index in [2.05, 4.69) is 20.6 Å². The second kappa shape index (κ2) is 5.73. The van der Waals surface area contributed by atoms with Gasteiger partial charge in [-0.1, -0.05) is 6.07 Å². The van der Waals surface area contributed by atoms with Gasteiger partial charge in [0.05, 0.1) is 31.2 Å². The standard InChI is InChI=1S/C15H20N4O/c1-11-2-3-12(6-18-11)8-19-10-17-7-14(19)15(16)13-4-5-20-9-13/h2-3,6-7,10,13,15H,4-5,8-9,16H2,1H3. The van der Waals surface area contributed by atoms with Gasteiger partial charge in [0.15, 0.2) is 0 Å². The highest BCUT2D eigenvalue weighted by Crippen LogP contribution is 2.26. The molecule has 0 bridgehead atoms. The molecule has 2 unspecified atom stereocenters. The van der Waals surface area contributed by atoms with E-state index in [-0.39, 0.29) is 6.04 Å². The highest BCUT2D eigenvalue weighted by molar-refractivity contribution is 5.16. The molecule has 2 aromatic heterocycles. The second-order valence-electron chi connectivity index (χ2n) is 5.40. The van der Waals surface area contributed by atoms with Crippen LogP contribution in [0, 0.1) is 12.8 Å². The minimum absolute atomic E-state index is 0.0154. The Morgan fingerprint density at radius 2 is 2.35 bits per heavy atom. The third-order valence-electron chi connectivity index (χ3n) is 3.88. The maximum Gasteiger partial charge on any atom is 0.0951 e. The Balaban J connectivity index is 1.77. The van der Waals surface area contributed by atoms with Gasteiger partial charge in [0.25, 0.3) is 0 Å². The largest absolute Gasteiger partial charge is 0.381 e. The van der Waals surface area contributed by atoms with Gasteiger partial charge in [0, 0.05) is 30.6 Å². The fourth-order valence-corrected chi connectivity index (χ4v) is 2.61. The second-order valence-corrected chi connectivity index (χ2v) is 5.40. The Morgan fingerprint density at radius 3 is 3.05 bits per heavy atom. The first-order valence-corrected chi connectivity index (χ1v) is 6.99. The number of ether oxygens (including phenoxy) is 1. The number of aromatic nitrogens is 3. The molecule has 0 radical (unpaired) electrons. The molecular formula is C15H20N4O. The summed E-state index contributed by atoms with van der Waals surface area (Å²) in [4.78, 5) is 8.58. The van der Waals surface area contributed by atoms with E-state index in [1.165, 1.54) is 0 Å². The molecule has 1 aliphatic rings. The summed E-state index contributed by atoms with van der Waals surface area (Å²) in [6.45, 7) is 4.30. The molecule has 2 N–H and O–H groups in total. The van der Waals surface area contributed by atoms with E-state index in [0.717, 1.165) is 43.1 Å². The van der Waals surface area contributed by atoms with Gasteiger partial charge in [-0.2, -0.15) is 0 Å². The zero-order chi connectivity index (χ0) is 13.9. The van der Waals surface area contributed by atoms with Crippen molar-refractivity contribution in [3.8, 4) is 0 Å². The summed E-state index contributed by atoms with van der Waals surface area (Å²) in [5, 5.41) is 0. The van der Waals surface area contributed by atoms with Crippen molar-refractivity contribution in [3.63, 3.8) is 0 Å². The predicted octanol–water partition coefficient (Wildman–Crippen LogP) is 1.67. The van der Waals surface area contributed by atoms with Crippen molar-refractivity contribution in [2.45, 2.75) is 25.9 Å². The Kier molecular flexibility index (Phi) is 3.80. The highest BCUT2D eigenvalue weighted by atomic mass is 16.5. The van der Waals surface area contributed by atoms with Gasteiger partial charge in [-0.15, -0.1) is 0 Å². The van der Waals surface area contributed by atoms with Crippen LogP contribution >= 0.6 is 0 Å². The average Bonchev–Trinajstić information content (AvgIpc) is 3.12. The fourth-order valence-electron chi connectivity index (χ4n) is 2.61. The molecule has 2 aromatic rings. The third kappa shape index (κ3) is 2.73. The van der Waals surface area contributed by atoms with Crippen molar-refractivity contribution in [2.24, 2.45) is 11.7 Å². The zero-order valence-electron chi connectivity index (χ0n) is 11.7. The maximum absolute atomic E-state index is 6.37. The number of nitrogens with zero attached hydrogens (tertiary/aromatic N) is 3. The summed E-state index contributed by atoms with van der Waals surface area (Å²) in [6.07, 6.45) is 6.64. The molecule has 106 valence electrons. The van der Waals surface area contributed by atoms with Crippen LogP contribution in [-0.2, 0) is 11.3 Å². The molecule has 0 spiro atoms. The van der Waals surface area contributed by atoms with Gasteiger partial charge < -0.3 is 15.0 Å². The first-order valence-electron chi connectivity index (χ1n) is 6.99. The minimum atomic E-state index is -0.0154. The van der Waals surface area contributed by atoms with E-state index >= 15 is 0 Å². The fraction of sp³-hybridized carbons (Fsp3) is 0.467. The Hall–Kier alpha value is -1.72. The summed E-state index contributed by atoms with van der Waals surface area (Å²) < 4.78 is 7.53. The van der Waals surface area contributed by atoms with Crippen LogP contribution in [-0.4, -0.2) is 27.7 Å². The normalized spacial score (nSPS) is 20.2. The topological polar surface area (TPSA) is 66.0 Å². The van der Waals surface area contributed by atoms with E-state index in [1.54, 1.807) is 0 Å². The quantitative estimate of drug-likeness (QED) is 0.919. The van der Waals surface area contributed by atoms with Crippen molar-refractivity contribution in [3.05, 3.63) is 47.8 Å². The Bertz CT molecular complexity index is 558. The SMILES string of the molecule is Cc1ccc(Cn2cncc2C(N)C2CCOC2)cn1. The van der Waals surface area contributed by atoms with Gasteiger partial charge in [-0.25, -0.2) is 4.98 Å². The molecule has 5 heteroatoms. The van der Waals surface area contributed by atoms with Crippen LogP contribution in [0.2, 0.25) is 0 Å². The predicted molar refractivity (Wildman–Crippen MR) is 76.2 cm³/mol. The van der Waals surface area contributed by atoms with Crippen LogP contribution < -0.4 is 5.73 Å². The van der Waals surface area contributed by atoms with Crippen molar-refractivity contribution < 1.29 is 4.74 Å². The molecule has 20 heavy (non-hydrogen) atoms. The van der Waals surface area contributed by atoms with Gasteiger partial charge in [-0.3, -0.25) is 4.98 Å². The van der Waals surface area contributed by atoms with E-state index in [1.807, 2.05) is 31.7 Å². The molecule has 2 atom stereocenters. The lowest BCUT2D eigenvalue weighted by molar-refractivity contribution is 0.180. The summed E-state index contributed by atoms with van der Waals surface area (Å²) in [5.41, 5.74) is 9.62. The molecule has 1 fully saturated rings. The molecule has 0 saturated carbocycles. The van der Waals surface area contributed by atoms with Gasteiger partial charge >= 0.3 is 0 Å². The van der Waals surface area contributed by atoms with Crippen LogP contribution in [0.15, 0.2) is 30.9 Å². The van der Waals surface area contributed by atoms with Crippen LogP contribution in [0.3, 0.4) is 0 Å². The highest BCUT2D eigenvalue weighted by Gasteiger charge is 2.26. The van der Waals surface area contributed by atoms with E-state index in [4.69, 9.17) is 10.5 Å². The number of rotatable bonds is 4. The van der Waals surface area contributed by atoms with Crippen molar-refractivity contribution in [1.82, 2.24) is 14.5 Å². The van der Waals surface area contributed by atoms with Crippen LogP contribution in [0.25, 0.3) is 0 Å². The molecular weight excluding hydrogens is 252 g/mol. The summed E-state index contributed by atoms with van der Waals surface area (Å²) in [5.74, 6) is 0.390. The maximum atomic E-state index is 6.37. The molecule has 0 aliphatic carbocycles. The first kappa shape index (κ1) is 13.3.